The van der Waals surface area contributed by atoms with Crippen molar-refractivity contribution < 1.29 is 14.0 Å². The third-order valence-corrected chi connectivity index (χ3v) is 5.25. The van der Waals surface area contributed by atoms with Crippen molar-refractivity contribution in [2.45, 2.75) is 5.22 Å². The van der Waals surface area contributed by atoms with Gasteiger partial charge < -0.3 is 9.73 Å². The number of rotatable bonds is 8. The lowest BCUT2D eigenvalue weighted by molar-refractivity contribution is -0.113. The summed E-state index contributed by atoms with van der Waals surface area (Å²) in [6, 6.07) is 25.8. The molecule has 0 aliphatic rings. The largest absolute Gasteiger partial charge is 0.411 e. The van der Waals surface area contributed by atoms with Gasteiger partial charge in [-0.2, -0.15) is 0 Å². The first-order chi connectivity index (χ1) is 15.7. The van der Waals surface area contributed by atoms with Crippen molar-refractivity contribution in [3.8, 4) is 11.5 Å². The van der Waals surface area contributed by atoms with Gasteiger partial charge in [-0.05, 0) is 48.0 Å². The highest BCUT2D eigenvalue weighted by atomic mass is 32.2. The Morgan fingerprint density at radius 1 is 0.875 bits per heavy atom. The molecule has 6 nitrogen and oxygen atoms in total. The van der Waals surface area contributed by atoms with E-state index in [1.165, 1.54) is 6.08 Å². The zero-order chi connectivity index (χ0) is 22.2. The van der Waals surface area contributed by atoms with E-state index in [9.17, 15) is 9.59 Å². The predicted molar refractivity (Wildman–Crippen MR) is 125 cm³/mol. The maximum Gasteiger partial charge on any atom is 0.277 e. The number of carbonyl (C=O) groups is 2. The molecule has 7 heteroatoms. The van der Waals surface area contributed by atoms with Crippen molar-refractivity contribution in [3.05, 3.63) is 102 Å². The number of hydrogen-bond donors (Lipinski definition) is 1. The van der Waals surface area contributed by atoms with E-state index in [2.05, 4.69) is 15.5 Å². The van der Waals surface area contributed by atoms with Crippen LogP contribution in [0, 0.1) is 0 Å². The molecule has 0 radical (unpaired) electrons. The van der Waals surface area contributed by atoms with Crippen LogP contribution in [-0.4, -0.2) is 27.6 Å². The molecule has 0 aliphatic carbocycles. The molecule has 4 rings (SSSR count). The molecular weight excluding hydrogens is 422 g/mol. The van der Waals surface area contributed by atoms with E-state index < -0.39 is 0 Å². The summed E-state index contributed by atoms with van der Waals surface area (Å²) in [6.45, 7) is 0. The van der Waals surface area contributed by atoms with Gasteiger partial charge in [-0.3, -0.25) is 9.59 Å². The van der Waals surface area contributed by atoms with Crippen LogP contribution in [-0.2, 0) is 4.79 Å². The SMILES string of the molecule is O=C(CSc1nnc(-c2ccccc2)o1)Nc1ccc(C(=O)/C=C/c2ccccc2)cc1. The minimum atomic E-state index is -0.211. The van der Waals surface area contributed by atoms with Crippen LogP contribution in [0.1, 0.15) is 15.9 Å². The molecule has 0 atom stereocenters. The fraction of sp³-hybridized carbons (Fsp3) is 0.0400. The van der Waals surface area contributed by atoms with E-state index in [4.69, 9.17) is 4.42 Å². The zero-order valence-electron chi connectivity index (χ0n) is 17.0. The van der Waals surface area contributed by atoms with Gasteiger partial charge in [0.25, 0.3) is 5.22 Å². The van der Waals surface area contributed by atoms with Crippen LogP contribution in [0.5, 0.6) is 0 Å². The number of allylic oxidation sites excluding steroid dienone is 1. The van der Waals surface area contributed by atoms with Crippen molar-refractivity contribution in [3.63, 3.8) is 0 Å². The molecule has 1 amide bonds. The minimum Gasteiger partial charge on any atom is -0.411 e. The quantitative estimate of drug-likeness (QED) is 0.225. The number of hydrogen-bond acceptors (Lipinski definition) is 6. The van der Waals surface area contributed by atoms with Crippen LogP contribution in [0.2, 0.25) is 0 Å². The van der Waals surface area contributed by atoms with Crippen molar-refractivity contribution in [1.29, 1.82) is 0 Å². The molecule has 0 saturated heterocycles. The number of ketones is 1. The fourth-order valence-corrected chi connectivity index (χ4v) is 3.40. The van der Waals surface area contributed by atoms with Crippen LogP contribution in [0.3, 0.4) is 0 Å². The average Bonchev–Trinajstić information content (AvgIpc) is 3.32. The molecule has 158 valence electrons. The number of carbonyl (C=O) groups excluding carboxylic acids is 2. The van der Waals surface area contributed by atoms with E-state index in [1.807, 2.05) is 60.7 Å². The van der Waals surface area contributed by atoms with Gasteiger partial charge in [0, 0.05) is 16.8 Å². The van der Waals surface area contributed by atoms with Gasteiger partial charge in [0.15, 0.2) is 5.78 Å². The molecule has 0 saturated carbocycles. The van der Waals surface area contributed by atoms with Gasteiger partial charge in [-0.25, -0.2) is 0 Å². The first kappa shape index (κ1) is 21.3. The van der Waals surface area contributed by atoms with Crippen LogP contribution in [0.4, 0.5) is 5.69 Å². The lowest BCUT2D eigenvalue weighted by atomic mass is 10.1. The highest BCUT2D eigenvalue weighted by Crippen LogP contribution is 2.23. The van der Waals surface area contributed by atoms with Gasteiger partial charge in [0.2, 0.25) is 11.8 Å². The summed E-state index contributed by atoms with van der Waals surface area (Å²) >= 11 is 1.16. The molecule has 0 aliphatic heterocycles. The highest BCUT2D eigenvalue weighted by molar-refractivity contribution is 7.99. The fourth-order valence-electron chi connectivity index (χ4n) is 2.84. The number of nitrogens with one attached hydrogen (secondary N) is 1. The standard InChI is InChI=1S/C25H19N3O3S/c29-22(16-11-18-7-3-1-4-8-18)19-12-14-21(15-13-19)26-23(30)17-32-25-28-27-24(31-25)20-9-5-2-6-10-20/h1-16H,17H2,(H,26,30)/b16-11+. The minimum absolute atomic E-state index is 0.104. The molecule has 3 aromatic carbocycles. The molecule has 1 N–H and O–H groups in total. The van der Waals surface area contributed by atoms with E-state index in [-0.39, 0.29) is 17.4 Å². The summed E-state index contributed by atoms with van der Waals surface area (Å²) in [6.07, 6.45) is 3.31. The molecule has 0 fully saturated rings. The molecule has 32 heavy (non-hydrogen) atoms. The zero-order valence-corrected chi connectivity index (χ0v) is 17.8. The number of thioether (sulfide) groups is 1. The van der Waals surface area contributed by atoms with E-state index >= 15 is 0 Å². The van der Waals surface area contributed by atoms with Gasteiger partial charge in [0.05, 0.1) is 5.75 Å². The monoisotopic (exact) mass is 441 g/mol. The second-order valence-corrected chi connectivity index (χ2v) is 7.69. The number of benzene rings is 3. The van der Waals surface area contributed by atoms with Crippen LogP contribution in [0.25, 0.3) is 17.5 Å². The molecule has 1 aromatic heterocycles. The number of aromatic nitrogens is 2. The van der Waals surface area contributed by atoms with Crippen LogP contribution >= 0.6 is 11.8 Å². The van der Waals surface area contributed by atoms with Crippen molar-refractivity contribution >= 4 is 35.2 Å². The molecule has 1 heterocycles. The van der Waals surface area contributed by atoms with Crippen LogP contribution in [0.15, 0.2) is 101 Å². The summed E-state index contributed by atoms with van der Waals surface area (Å²) < 4.78 is 5.58. The highest BCUT2D eigenvalue weighted by Gasteiger charge is 2.11. The molecular formula is C25H19N3O3S. The lowest BCUT2D eigenvalue weighted by Gasteiger charge is -2.04. The summed E-state index contributed by atoms with van der Waals surface area (Å²) in [4.78, 5) is 24.6. The second kappa shape index (κ2) is 10.4. The third kappa shape index (κ3) is 5.80. The molecule has 0 bridgehead atoms. The Hall–Kier alpha value is -3.97. The van der Waals surface area contributed by atoms with E-state index in [1.54, 1.807) is 30.3 Å². The average molecular weight is 442 g/mol. The van der Waals surface area contributed by atoms with Crippen molar-refractivity contribution in [1.82, 2.24) is 10.2 Å². The van der Waals surface area contributed by atoms with Gasteiger partial charge >= 0.3 is 0 Å². The third-order valence-electron chi connectivity index (χ3n) is 4.43. The topological polar surface area (TPSA) is 85.1 Å². The Morgan fingerprint density at radius 3 is 2.28 bits per heavy atom. The Morgan fingerprint density at radius 2 is 1.56 bits per heavy atom. The smallest absolute Gasteiger partial charge is 0.277 e. The summed E-state index contributed by atoms with van der Waals surface area (Å²) in [7, 11) is 0. The van der Waals surface area contributed by atoms with Gasteiger partial charge in [0.1, 0.15) is 0 Å². The number of anilines is 1. The van der Waals surface area contributed by atoms with E-state index in [0.29, 0.717) is 22.4 Å². The van der Waals surface area contributed by atoms with Gasteiger partial charge in [-0.15, -0.1) is 10.2 Å². The normalized spacial score (nSPS) is 10.9. The Bertz CT molecular complexity index is 1220. The first-order valence-corrected chi connectivity index (χ1v) is 10.8. The van der Waals surface area contributed by atoms with Crippen LogP contribution < -0.4 is 5.32 Å². The van der Waals surface area contributed by atoms with Crippen molar-refractivity contribution in [2.24, 2.45) is 0 Å². The Kier molecular flexibility index (Phi) is 6.89. The first-order valence-electron chi connectivity index (χ1n) is 9.86. The predicted octanol–water partition coefficient (Wildman–Crippen LogP) is 5.36. The maximum atomic E-state index is 12.3. The Balaban J connectivity index is 1.28. The molecule has 0 unspecified atom stereocenters. The summed E-state index contributed by atoms with van der Waals surface area (Å²) in [5.74, 6) is 0.220. The second-order valence-electron chi connectivity index (χ2n) is 6.76. The molecule has 0 spiro atoms. The lowest BCUT2D eigenvalue weighted by Crippen LogP contribution is -2.14. The van der Waals surface area contributed by atoms with Gasteiger partial charge in [-0.1, -0.05) is 66.4 Å². The number of amides is 1. The summed E-state index contributed by atoms with van der Waals surface area (Å²) in [5.41, 5.74) is 2.93. The Labute approximate surface area is 189 Å². The summed E-state index contributed by atoms with van der Waals surface area (Å²) in [5, 5.41) is 11.1. The van der Waals surface area contributed by atoms with Crippen molar-refractivity contribution in [2.75, 3.05) is 11.1 Å². The molecule has 4 aromatic rings. The van der Waals surface area contributed by atoms with E-state index in [0.717, 1.165) is 22.9 Å². The number of nitrogens with zero attached hydrogens (tertiary/aromatic N) is 2. The maximum absolute atomic E-state index is 12.3.